The van der Waals surface area contributed by atoms with Crippen LogP contribution < -0.4 is 20.1 Å². The first kappa shape index (κ1) is 25.9. The number of benzene rings is 2. The zero-order valence-electron chi connectivity index (χ0n) is 18.7. The van der Waals surface area contributed by atoms with Crippen molar-refractivity contribution in [1.82, 2.24) is 9.97 Å². The van der Waals surface area contributed by atoms with Crippen LogP contribution in [0.2, 0.25) is 0 Å². The van der Waals surface area contributed by atoms with Crippen LogP contribution in [0.4, 0.5) is 39.4 Å². The van der Waals surface area contributed by atoms with E-state index in [2.05, 4.69) is 30.1 Å². The smallest absolute Gasteiger partial charge is 0.435 e. The van der Waals surface area contributed by atoms with Crippen LogP contribution in [0, 0.1) is 5.92 Å². The Morgan fingerprint density at radius 3 is 2.29 bits per heavy atom. The maximum Gasteiger partial charge on any atom is 0.573 e. The molecular formula is C23H23F5N4O3. The molecule has 0 spiro atoms. The van der Waals surface area contributed by atoms with Gasteiger partial charge in [0.15, 0.2) is 0 Å². The number of aromatic nitrogens is 2. The molecule has 0 bridgehead atoms. The molecule has 35 heavy (non-hydrogen) atoms. The Labute approximate surface area is 197 Å². The minimum Gasteiger partial charge on any atom is -0.435 e. The van der Waals surface area contributed by atoms with Crippen molar-refractivity contribution in [2.75, 3.05) is 17.2 Å². The van der Waals surface area contributed by atoms with Crippen molar-refractivity contribution in [3.8, 4) is 22.8 Å². The minimum atomic E-state index is -4.85. The van der Waals surface area contributed by atoms with Crippen molar-refractivity contribution >= 4 is 17.5 Å². The number of nitrogens with one attached hydrogen (secondary N) is 2. The number of hydrogen-bond acceptors (Lipinski definition) is 7. The fourth-order valence-corrected chi connectivity index (χ4v) is 3.03. The van der Waals surface area contributed by atoms with E-state index in [1.807, 2.05) is 13.8 Å². The predicted molar refractivity (Wildman–Crippen MR) is 120 cm³/mol. The molecule has 0 aliphatic rings. The summed E-state index contributed by atoms with van der Waals surface area (Å²) in [4.78, 5) is 8.76. The third kappa shape index (κ3) is 7.95. The fraction of sp³-hybridized carbons (Fsp3) is 0.304. The third-order valence-electron chi connectivity index (χ3n) is 4.76. The first-order valence-electron chi connectivity index (χ1n) is 10.5. The lowest BCUT2D eigenvalue weighted by Crippen LogP contribution is -2.30. The summed E-state index contributed by atoms with van der Waals surface area (Å²) in [5, 5.41) is 15.7. The Hall–Kier alpha value is -3.67. The molecule has 0 amide bonds. The van der Waals surface area contributed by atoms with Gasteiger partial charge < -0.3 is 25.2 Å². The van der Waals surface area contributed by atoms with E-state index < -0.39 is 18.7 Å². The molecule has 2 aromatic carbocycles. The molecule has 0 unspecified atom stereocenters. The summed E-state index contributed by atoms with van der Waals surface area (Å²) in [5.41, 5.74) is 1.08. The second kappa shape index (κ2) is 11.2. The Kier molecular flexibility index (Phi) is 8.28. The molecule has 0 radical (unpaired) electrons. The van der Waals surface area contributed by atoms with E-state index in [1.165, 1.54) is 48.5 Å². The Morgan fingerprint density at radius 1 is 0.971 bits per heavy atom. The quantitative estimate of drug-likeness (QED) is 0.304. The molecular weight excluding hydrogens is 475 g/mol. The second-order valence-corrected chi connectivity index (χ2v) is 7.74. The molecule has 0 saturated heterocycles. The zero-order chi connectivity index (χ0) is 25.6. The van der Waals surface area contributed by atoms with Crippen LogP contribution in [0.1, 0.15) is 13.8 Å². The van der Waals surface area contributed by atoms with E-state index in [0.717, 1.165) is 0 Å². The molecule has 0 aliphatic heterocycles. The topological polar surface area (TPSA) is 88.5 Å². The average Bonchev–Trinajstić information content (AvgIpc) is 2.77. The predicted octanol–water partition coefficient (Wildman–Crippen LogP) is 5.82. The van der Waals surface area contributed by atoms with E-state index in [0.29, 0.717) is 11.3 Å². The summed E-state index contributed by atoms with van der Waals surface area (Å²) in [6, 6.07) is 12.1. The van der Waals surface area contributed by atoms with Gasteiger partial charge in [-0.3, -0.25) is 0 Å². The average molecular weight is 498 g/mol. The summed E-state index contributed by atoms with van der Waals surface area (Å²) in [5.74, 6) is -0.0298. The van der Waals surface area contributed by atoms with Gasteiger partial charge in [0.25, 0.3) is 0 Å². The van der Waals surface area contributed by atoms with Crippen LogP contribution in [0.5, 0.6) is 11.5 Å². The lowest BCUT2D eigenvalue weighted by Gasteiger charge is -2.21. The van der Waals surface area contributed by atoms with Crippen LogP contribution in [0.25, 0.3) is 11.3 Å². The van der Waals surface area contributed by atoms with E-state index in [4.69, 9.17) is 0 Å². The van der Waals surface area contributed by atoms with Crippen molar-refractivity contribution in [3.05, 3.63) is 54.6 Å². The molecule has 1 aromatic heterocycles. The number of rotatable bonds is 10. The van der Waals surface area contributed by atoms with Gasteiger partial charge in [0.05, 0.1) is 18.3 Å². The number of hydrogen-bond donors (Lipinski definition) is 3. The number of alkyl halides is 5. The molecule has 3 aromatic rings. The Balaban J connectivity index is 1.95. The van der Waals surface area contributed by atoms with Crippen LogP contribution in [-0.4, -0.2) is 40.7 Å². The molecule has 188 valence electrons. The van der Waals surface area contributed by atoms with Crippen LogP contribution in [0.3, 0.4) is 0 Å². The standard InChI is InChI=1S/C23H23F5N4O3/c1-13(2)19(12-33)31-22-30-18(14-4-3-5-17(10-14)35-23(26,27)28)11-20(32-22)29-15-6-8-16(9-7-15)34-21(24)25/h3-11,13,19,21,33H,12H2,1-2H3,(H2,29,30,31,32)/t19-/m0/s1. The summed E-state index contributed by atoms with van der Waals surface area (Å²) < 4.78 is 71.1. The van der Waals surface area contributed by atoms with E-state index in [-0.39, 0.29) is 41.8 Å². The van der Waals surface area contributed by atoms with E-state index >= 15 is 0 Å². The maximum absolute atomic E-state index is 12.7. The van der Waals surface area contributed by atoms with Gasteiger partial charge in [0.2, 0.25) is 5.95 Å². The molecule has 3 rings (SSSR count). The highest BCUT2D eigenvalue weighted by Gasteiger charge is 2.31. The first-order chi connectivity index (χ1) is 16.5. The van der Waals surface area contributed by atoms with Crippen molar-refractivity contribution in [3.63, 3.8) is 0 Å². The number of nitrogens with zero attached hydrogens (tertiary/aromatic N) is 2. The lowest BCUT2D eigenvalue weighted by atomic mass is 10.1. The fourth-order valence-electron chi connectivity index (χ4n) is 3.03. The number of halogens is 5. The molecule has 0 saturated carbocycles. The van der Waals surface area contributed by atoms with E-state index in [1.54, 1.807) is 6.07 Å². The van der Waals surface area contributed by atoms with Crippen molar-refractivity contribution in [2.45, 2.75) is 32.9 Å². The normalized spacial score (nSPS) is 12.5. The molecule has 1 atom stereocenters. The summed E-state index contributed by atoms with van der Waals surface area (Å²) >= 11 is 0. The van der Waals surface area contributed by atoms with Crippen LogP contribution in [-0.2, 0) is 0 Å². The summed E-state index contributed by atoms with van der Waals surface area (Å²) in [6.07, 6.45) is -4.85. The first-order valence-corrected chi connectivity index (χ1v) is 10.5. The number of aliphatic hydroxyl groups is 1. The van der Waals surface area contributed by atoms with Gasteiger partial charge >= 0.3 is 13.0 Å². The van der Waals surface area contributed by atoms with Gasteiger partial charge in [-0.1, -0.05) is 26.0 Å². The van der Waals surface area contributed by atoms with Crippen LogP contribution >= 0.6 is 0 Å². The van der Waals surface area contributed by atoms with Gasteiger partial charge in [-0.15, -0.1) is 13.2 Å². The van der Waals surface area contributed by atoms with Gasteiger partial charge in [-0.2, -0.15) is 13.8 Å². The molecule has 3 N–H and O–H groups in total. The zero-order valence-corrected chi connectivity index (χ0v) is 18.7. The minimum absolute atomic E-state index is 0.0227. The molecule has 1 heterocycles. The molecule has 0 fully saturated rings. The maximum atomic E-state index is 12.7. The Bertz CT molecular complexity index is 1110. The number of ether oxygens (including phenoxy) is 2. The van der Waals surface area contributed by atoms with E-state index in [9.17, 15) is 27.1 Å². The lowest BCUT2D eigenvalue weighted by molar-refractivity contribution is -0.274. The monoisotopic (exact) mass is 498 g/mol. The van der Waals surface area contributed by atoms with Crippen molar-refractivity contribution < 1.29 is 36.5 Å². The largest absolute Gasteiger partial charge is 0.573 e. The SMILES string of the molecule is CC(C)[C@H](CO)Nc1nc(Nc2ccc(OC(F)F)cc2)cc(-c2cccc(OC(F)(F)F)c2)n1. The third-order valence-corrected chi connectivity index (χ3v) is 4.76. The van der Waals surface area contributed by atoms with Gasteiger partial charge in [-0.05, 0) is 42.3 Å². The summed E-state index contributed by atoms with van der Waals surface area (Å²) in [7, 11) is 0. The van der Waals surface area contributed by atoms with Gasteiger partial charge in [-0.25, -0.2) is 4.98 Å². The molecule has 0 aliphatic carbocycles. The highest BCUT2D eigenvalue weighted by molar-refractivity contribution is 5.68. The molecule has 12 heteroatoms. The highest BCUT2D eigenvalue weighted by atomic mass is 19.4. The number of aliphatic hydroxyl groups excluding tert-OH is 1. The van der Waals surface area contributed by atoms with Gasteiger partial charge in [0.1, 0.15) is 17.3 Å². The van der Waals surface area contributed by atoms with Gasteiger partial charge in [0, 0.05) is 17.3 Å². The van der Waals surface area contributed by atoms with Crippen LogP contribution in [0.15, 0.2) is 54.6 Å². The van der Waals surface area contributed by atoms with Crippen molar-refractivity contribution in [1.29, 1.82) is 0 Å². The second-order valence-electron chi connectivity index (χ2n) is 7.74. The Morgan fingerprint density at radius 2 is 1.69 bits per heavy atom. The highest BCUT2D eigenvalue weighted by Crippen LogP contribution is 2.30. The van der Waals surface area contributed by atoms with Crippen molar-refractivity contribution in [2.24, 2.45) is 5.92 Å². The summed E-state index contributed by atoms with van der Waals surface area (Å²) in [6.45, 7) is 0.619. The molecule has 7 nitrogen and oxygen atoms in total. The number of anilines is 3.